The fourth-order valence-corrected chi connectivity index (χ4v) is 3.99. The molecular formula is C22H26N6O5. The molecule has 1 saturated heterocycles. The van der Waals surface area contributed by atoms with Gasteiger partial charge in [-0.05, 0) is 37.0 Å². The Kier molecular flexibility index (Phi) is 6.29. The predicted octanol–water partition coefficient (Wildman–Crippen LogP) is 0.0949. The molecule has 1 N–H and O–H groups in total. The van der Waals surface area contributed by atoms with E-state index in [1.807, 2.05) is 0 Å². The molecule has 11 nitrogen and oxygen atoms in total. The van der Waals surface area contributed by atoms with Crippen LogP contribution in [0.15, 0.2) is 44.8 Å². The number of likely N-dealkylation sites (tertiary alicyclic amines) is 1. The minimum absolute atomic E-state index is 0.0585. The lowest BCUT2D eigenvalue weighted by atomic mass is 9.96. The Morgan fingerprint density at radius 3 is 2.67 bits per heavy atom. The molecule has 0 aliphatic carbocycles. The van der Waals surface area contributed by atoms with Gasteiger partial charge in [0, 0.05) is 39.8 Å². The van der Waals surface area contributed by atoms with Gasteiger partial charge in [-0.15, -0.1) is 0 Å². The van der Waals surface area contributed by atoms with E-state index in [0.29, 0.717) is 25.4 Å². The number of imidazole rings is 1. The maximum Gasteiger partial charge on any atom is 0.332 e. The maximum atomic E-state index is 12.5. The number of nitrogens with zero attached hydrogens (tertiary/aromatic N) is 5. The van der Waals surface area contributed by atoms with Crippen LogP contribution in [-0.2, 0) is 30.2 Å². The number of piperidine rings is 1. The Labute approximate surface area is 188 Å². The van der Waals surface area contributed by atoms with Gasteiger partial charge in [0.15, 0.2) is 11.2 Å². The van der Waals surface area contributed by atoms with Crippen molar-refractivity contribution in [1.82, 2.24) is 28.9 Å². The standard InChI is InChI=1S/C22H26N6O5/c1-25-20-19(21(31)26(2)22(25)32)28(14-24-20)13-17(29)23-12-15-7-9-27(10-8-15)18(30)6-5-16-4-3-11-33-16/h3-6,11,14-15H,7-10,12-13H2,1-2H3,(H,23,29). The molecule has 1 aliphatic rings. The van der Waals surface area contributed by atoms with Crippen molar-refractivity contribution in [1.29, 1.82) is 0 Å². The van der Waals surface area contributed by atoms with Gasteiger partial charge >= 0.3 is 5.69 Å². The fourth-order valence-electron chi connectivity index (χ4n) is 3.99. The number of aromatic nitrogens is 4. The van der Waals surface area contributed by atoms with E-state index in [1.54, 1.807) is 29.4 Å². The number of furan rings is 1. The lowest BCUT2D eigenvalue weighted by Crippen LogP contribution is -2.41. The van der Waals surface area contributed by atoms with Gasteiger partial charge in [-0.3, -0.25) is 23.5 Å². The molecule has 0 unspecified atom stereocenters. The highest BCUT2D eigenvalue weighted by Gasteiger charge is 2.22. The van der Waals surface area contributed by atoms with Gasteiger partial charge in [0.2, 0.25) is 11.8 Å². The molecular weight excluding hydrogens is 428 g/mol. The molecule has 1 fully saturated rings. The molecule has 4 rings (SSSR count). The van der Waals surface area contributed by atoms with Crippen molar-refractivity contribution in [3.05, 3.63) is 57.4 Å². The molecule has 2 amide bonds. The zero-order chi connectivity index (χ0) is 23.5. The molecule has 3 aromatic rings. The Morgan fingerprint density at radius 2 is 1.97 bits per heavy atom. The zero-order valence-electron chi connectivity index (χ0n) is 18.6. The second-order valence-corrected chi connectivity index (χ2v) is 8.17. The number of fused-ring (bicyclic) bond motifs is 1. The smallest absolute Gasteiger partial charge is 0.332 e. The summed E-state index contributed by atoms with van der Waals surface area (Å²) in [5.74, 6) is 0.592. The molecule has 1 aliphatic heterocycles. The number of hydrogen-bond donors (Lipinski definition) is 1. The number of nitrogens with one attached hydrogen (secondary N) is 1. The third-order valence-electron chi connectivity index (χ3n) is 5.98. The minimum Gasteiger partial charge on any atom is -0.465 e. The SMILES string of the molecule is Cn1c(=O)c2c(ncn2CC(=O)NCC2CCN(C(=O)C=Cc3ccco3)CC2)n(C)c1=O. The first-order valence-corrected chi connectivity index (χ1v) is 10.7. The average Bonchev–Trinajstić information content (AvgIpc) is 3.49. The van der Waals surface area contributed by atoms with Gasteiger partial charge in [-0.25, -0.2) is 9.78 Å². The second kappa shape index (κ2) is 9.31. The quantitative estimate of drug-likeness (QED) is 0.527. The number of hydrogen-bond acceptors (Lipinski definition) is 6. The molecule has 0 aromatic carbocycles. The number of carbonyl (C=O) groups is 2. The van der Waals surface area contributed by atoms with E-state index < -0.39 is 11.2 Å². The number of amides is 2. The maximum absolute atomic E-state index is 12.5. The van der Waals surface area contributed by atoms with Crippen LogP contribution in [0.25, 0.3) is 17.2 Å². The van der Waals surface area contributed by atoms with E-state index in [-0.39, 0.29) is 35.4 Å². The predicted molar refractivity (Wildman–Crippen MR) is 120 cm³/mol. The third-order valence-corrected chi connectivity index (χ3v) is 5.98. The van der Waals surface area contributed by atoms with Gasteiger partial charge in [-0.1, -0.05) is 0 Å². The van der Waals surface area contributed by atoms with Crippen LogP contribution in [0.5, 0.6) is 0 Å². The summed E-state index contributed by atoms with van der Waals surface area (Å²) in [5.41, 5.74) is -0.502. The van der Waals surface area contributed by atoms with E-state index in [4.69, 9.17) is 4.42 Å². The lowest BCUT2D eigenvalue weighted by Gasteiger charge is -2.31. The summed E-state index contributed by atoms with van der Waals surface area (Å²) in [5, 5.41) is 2.91. The van der Waals surface area contributed by atoms with E-state index in [9.17, 15) is 19.2 Å². The second-order valence-electron chi connectivity index (χ2n) is 8.17. The molecule has 3 aromatic heterocycles. The highest BCUT2D eigenvalue weighted by molar-refractivity contribution is 5.91. The molecule has 33 heavy (non-hydrogen) atoms. The molecule has 11 heteroatoms. The van der Waals surface area contributed by atoms with Crippen LogP contribution in [0.3, 0.4) is 0 Å². The summed E-state index contributed by atoms with van der Waals surface area (Å²) in [6.07, 6.45) is 7.69. The highest BCUT2D eigenvalue weighted by atomic mass is 16.3. The Bertz CT molecular complexity index is 1310. The average molecular weight is 454 g/mol. The minimum atomic E-state index is -0.489. The largest absolute Gasteiger partial charge is 0.465 e. The number of aryl methyl sites for hydroxylation is 1. The van der Waals surface area contributed by atoms with Crippen molar-refractivity contribution >= 4 is 29.1 Å². The van der Waals surface area contributed by atoms with Crippen molar-refractivity contribution in [2.45, 2.75) is 19.4 Å². The van der Waals surface area contributed by atoms with E-state index in [0.717, 1.165) is 17.4 Å². The first-order valence-electron chi connectivity index (χ1n) is 10.7. The van der Waals surface area contributed by atoms with Crippen LogP contribution in [-0.4, -0.2) is 55.0 Å². The van der Waals surface area contributed by atoms with Crippen LogP contribution >= 0.6 is 0 Å². The number of rotatable bonds is 6. The van der Waals surface area contributed by atoms with Crippen molar-refractivity contribution in [2.24, 2.45) is 20.0 Å². The first-order chi connectivity index (χ1) is 15.8. The van der Waals surface area contributed by atoms with Crippen LogP contribution < -0.4 is 16.6 Å². The summed E-state index contributed by atoms with van der Waals surface area (Å²) < 4.78 is 8.93. The Hall–Kier alpha value is -3.89. The fraction of sp³-hybridized carbons (Fsp3) is 0.409. The van der Waals surface area contributed by atoms with Crippen LogP contribution in [0.2, 0.25) is 0 Å². The van der Waals surface area contributed by atoms with E-state index >= 15 is 0 Å². The topological polar surface area (TPSA) is 124 Å². The molecule has 0 saturated carbocycles. The molecule has 0 radical (unpaired) electrons. The Morgan fingerprint density at radius 1 is 1.21 bits per heavy atom. The molecule has 0 atom stereocenters. The summed E-state index contributed by atoms with van der Waals surface area (Å²) in [6, 6.07) is 3.55. The summed E-state index contributed by atoms with van der Waals surface area (Å²) in [6.45, 7) is 1.67. The normalized spacial score (nSPS) is 14.9. The summed E-state index contributed by atoms with van der Waals surface area (Å²) >= 11 is 0. The lowest BCUT2D eigenvalue weighted by molar-refractivity contribution is -0.127. The van der Waals surface area contributed by atoms with Crippen LogP contribution in [0.1, 0.15) is 18.6 Å². The third kappa shape index (κ3) is 4.66. The van der Waals surface area contributed by atoms with Crippen LogP contribution in [0.4, 0.5) is 0 Å². The monoisotopic (exact) mass is 454 g/mol. The van der Waals surface area contributed by atoms with Crippen molar-refractivity contribution in [2.75, 3.05) is 19.6 Å². The molecule has 0 spiro atoms. The van der Waals surface area contributed by atoms with Crippen molar-refractivity contribution < 1.29 is 14.0 Å². The number of carbonyl (C=O) groups excluding carboxylic acids is 2. The van der Waals surface area contributed by atoms with Gasteiger partial charge in [-0.2, -0.15) is 0 Å². The van der Waals surface area contributed by atoms with E-state index in [2.05, 4.69) is 10.3 Å². The zero-order valence-corrected chi connectivity index (χ0v) is 18.6. The molecule has 0 bridgehead atoms. The van der Waals surface area contributed by atoms with Gasteiger partial charge in [0.05, 0.1) is 12.6 Å². The molecule has 4 heterocycles. The van der Waals surface area contributed by atoms with Crippen LogP contribution in [0, 0.1) is 5.92 Å². The van der Waals surface area contributed by atoms with Crippen molar-refractivity contribution in [3.63, 3.8) is 0 Å². The van der Waals surface area contributed by atoms with Crippen molar-refractivity contribution in [3.8, 4) is 0 Å². The highest BCUT2D eigenvalue weighted by Crippen LogP contribution is 2.17. The van der Waals surface area contributed by atoms with Gasteiger partial charge in [0.1, 0.15) is 12.3 Å². The first kappa shape index (κ1) is 22.3. The summed E-state index contributed by atoms with van der Waals surface area (Å²) in [4.78, 5) is 55.2. The van der Waals surface area contributed by atoms with E-state index in [1.165, 1.54) is 35.6 Å². The van der Waals surface area contributed by atoms with Gasteiger partial charge < -0.3 is 19.2 Å². The molecule has 174 valence electrons. The Balaban J connectivity index is 1.29. The van der Waals surface area contributed by atoms with Gasteiger partial charge in [0.25, 0.3) is 5.56 Å². The summed E-state index contributed by atoms with van der Waals surface area (Å²) in [7, 11) is 2.93.